The summed E-state index contributed by atoms with van der Waals surface area (Å²) >= 11 is 0. The molecule has 3 saturated heterocycles. The zero-order valence-electron chi connectivity index (χ0n) is 20.8. The molecule has 0 amide bonds. The van der Waals surface area contributed by atoms with Gasteiger partial charge in [-0.2, -0.15) is 0 Å². The van der Waals surface area contributed by atoms with E-state index in [4.69, 9.17) is 24.4 Å². The average molecular weight is 503 g/mol. The summed E-state index contributed by atoms with van der Waals surface area (Å²) in [6.07, 6.45) is 4.26. The summed E-state index contributed by atoms with van der Waals surface area (Å²) in [5, 5.41) is 0.772. The molecule has 1 N–H and O–H groups in total. The van der Waals surface area contributed by atoms with E-state index in [1.54, 1.807) is 6.07 Å². The molecule has 3 aliphatic heterocycles. The van der Waals surface area contributed by atoms with Gasteiger partial charge in [0, 0.05) is 42.7 Å². The Hall–Kier alpha value is -3.14. The number of pyridine rings is 1. The van der Waals surface area contributed by atoms with Gasteiger partial charge >= 0.3 is 0 Å². The highest BCUT2D eigenvalue weighted by Crippen LogP contribution is 2.34. The maximum absolute atomic E-state index is 15.1. The van der Waals surface area contributed by atoms with Crippen LogP contribution in [-0.2, 0) is 16.0 Å². The summed E-state index contributed by atoms with van der Waals surface area (Å²) in [6, 6.07) is 9.16. The van der Waals surface area contributed by atoms with Gasteiger partial charge in [0.1, 0.15) is 11.3 Å². The number of aromatic nitrogens is 4. The number of aromatic amines is 1. The molecule has 8 nitrogen and oxygen atoms in total. The van der Waals surface area contributed by atoms with E-state index in [-0.39, 0.29) is 5.82 Å². The highest BCUT2D eigenvalue weighted by Gasteiger charge is 2.31. The molecule has 0 aliphatic carbocycles. The van der Waals surface area contributed by atoms with Crippen molar-refractivity contribution in [3.8, 4) is 11.4 Å². The lowest BCUT2D eigenvalue weighted by Gasteiger charge is -2.39. The van der Waals surface area contributed by atoms with Crippen LogP contribution < -0.4 is 4.90 Å². The van der Waals surface area contributed by atoms with Gasteiger partial charge in [-0.1, -0.05) is 0 Å². The molecule has 3 aliphatic rings. The number of piperidine rings is 1. The smallest absolute Gasteiger partial charge is 0.165 e. The average Bonchev–Trinajstić information content (AvgIpc) is 3.37. The van der Waals surface area contributed by atoms with Gasteiger partial charge in [0.05, 0.1) is 43.2 Å². The first-order valence-electron chi connectivity index (χ1n) is 13.3. The number of hydrogen-bond donors (Lipinski definition) is 1. The molecular weight excluding hydrogens is 471 g/mol. The predicted molar refractivity (Wildman–Crippen MR) is 140 cm³/mol. The van der Waals surface area contributed by atoms with Crippen molar-refractivity contribution >= 4 is 27.8 Å². The number of hydrogen-bond acceptors (Lipinski definition) is 7. The van der Waals surface area contributed by atoms with Crippen LogP contribution in [0.15, 0.2) is 36.5 Å². The van der Waals surface area contributed by atoms with Crippen molar-refractivity contribution < 1.29 is 13.9 Å². The van der Waals surface area contributed by atoms with E-state index in [1.807, 2.05) is 18.3 Å². The number of benzene rings is 1. The second kappa shape index (κ2) is 9.63. The molecule has 0 spiro atoms. The topological polar surface area (TPSA) is 79.4 Å². The van der Waals surface area contributed by atoms with E-state index in [1.165, 1.54) is 18.9 Å². The number of fused-ring (bicyclic) bond motifs is 2. The number of H-pyrrole nitrogens is 1. The van der Waals surface area contributed by atoms with Crippen LogP contribution in [0.4, 0.5) is 10.2 Å². The first kappa shape index (κ1) is 23.0. The Bertz CT molecular complexity index is 1420. The molecular formula is C28H31FN6O2. The molecule has 9 heteroatoms. The van der Waals surface area contributed by atoms with Crippen molar-refractivity contribution in [3.05, 3.63) is 48.0 Å². The fourth-order valence-corrected chi connectivity index (χ4v) is 5.91. The van der Waals surface area contributed by atoms with Crippen LogP contribution in [0, 0.1) is 17.7 Å². The van der Waals surface area contributed by atoms with E-state index < -0.39 is 0 Å². The van der Waals surface area contributed by atoms with E-state index in [2.05, 4.69) is 20.9 Å². The van der Waals surface area contributed by atoms with Gasteiger partial charge in [-0.25, -0.2) is 19.3 Å². The van der Waals surface area contributed by atoms with Crippen LogP contribution in [0.2, 0.25) is 0 Å². The molecule has 0 saturated carbocycles. The first-order chi connectivity index (χ1) is 18.2. The van der Waals surface area contributed by atoms with Crippen molar-refractivity contribution in [3.63, 3.8) is 0 Å². The quantitative estimate of drug-likeness (QED) is 0.442. The van der Waals surface area contributed by atoms with Gasteiger partial charge in [-0.05, 0) is 62.2 Å². The number of morpholine rings is 1. The van der Waals surface area contributed by atoms with Gasteiger partial charge in [-0.3, -0.25) is 4.90 Å². The summed E-state index contributed by atoms with van der Waals surface area (Å²) in [7, 11) is 0. The van der Waals surface area contributed by atoms with E-state index in [0.29, 0.717) is 37.7 Å². The monoisotopic (exact) mass is 502 g/mol. The lowest BCUT2D eigenvalue weighted by molar-refractivity contribution is -0.0726. The minimum absolute atomic E-state index is 0.333. The van der Waals surface area contributed by atoms with E-state index in [0.717, 1.165) is 78.1 Å². The molecule has 6 heterocycles. The molecule has 37 heavy (non-hydrogen) atoms. The van der Waals surface area contributed by atoms with Gasteiger partial charge in [0.15, 0.2) is 11.6 Å². The van der Waals surface area contributed by atoms with Crippen molar-refractivity contribution in [2.45, 2.75) is 19.4 Å². The van der Waals surface area contributed by atoms with Gasteiger partial charge < -0.3 is 19.4 Å². The highest BCUT2D eigenvalue weighted by molar-refractivity contribution is 5.96. The van der Waals surface area contributed by atoms with Crippen LogP contribution >= 0.6 is 0 Å². The number of nitrogens with zero attached hydrogens (tertiary/aromatic N) is 5. The zero-order valence-corrected chi connectivity index (χ0v) is 20.8. The van der Waals surface area contributed by atoms with Gasteiger partial charge in [-0.15, -0.1) is 0 Å². The molecule has 192 valence electrons. The van der Waals surface area contributed by atoms with Gasteiger partial charge in [0.25, 0.3) is 0 Å². The van der Waals surface area contributed by atoms with Crippen LogP contribution in [-0.4, -0.2) is 77.4 Å². The highest BCUT2D eigenvalue weighted by atomic mass is 19.1. The van der Waals surface area contributed by atoms with Crippen molar-refractivity contribution in [2.24, 2.45) is 11.8 Å². The van der Waals surface area contributed by atoms with Gasteiger partial charge in [0.2, 0.25) is 0 Å². The molecule has 4 aromatic rings. The second-order valence-electron chi connectivity index (χ2n) is 10.4. The summed E-state index contributed by atoms with van der Waals surface area (Å²) in [6.45, 7) is 7.55. The minimum Gasteiger partial charge on any atom is -0.381 e. The predicted octanol–water partition coefficient (Wildman–Crippen LogP) is 4.01. The summed E-state index contributed by atoms with van der Waals surface area (Å²) in [5.41, 5.74) is 3.79. The number of halogens is 1. The molecule has 3 aromatic heterocycles. The summed E-state index contributed by atoms with van der Waals surface area (Å²) in [5.74, 6) is 2.35. The molecule has 0 radical (unpaired) electrons. The molecule has 0 bridgehead atoms. The Morgan fingerprint density at radius 1 is 0.892 bits per heavy atom. The Morgan fingerprint density at radius 3 is 2.51 bits per heavy atom. The zero-order chi connectivity index (χ0) is 24.8. The summed E-state index contributed by atoms with van der Waals surface area (Å²) in [4.78, 5) is 22.7. The Balaban J connectivity index is 1.24. The van der Waals surface area contributed by atoms with Crippen molar-refractivity contribution in [2.75, 3.05) is 57.5 Å². The second-order valence-corrected chi connectivity index (χ2v) is 10.4. The number of rotatable bonds is 5. The third kappa shape index (κ3) is 4.35. The molecule has 0 unspecified atom stereocenters. The number of likely N-dealkylation sites (tertiary alicyclic amines) is 1. The SMILES string of the molecule is Fc1ccc2[nH]ccc2c1-c1nc(N2CCOCC2)c2nc(CN3CCC(C4COC4)CC3)ccc2n1. The largest absolute Gasteiger partial charge is 0.381 e. The van der Waals surface area contributed by atoms with Crippen LogP contribution in [0.25, 0.3) is 33.3 Å². The molecule has 7 rings (SSSR count). The van der Waals surface area contributed by atoms with Crippen LogP contribution in [0.1, 0.15) is 18.5 Å². The lowest BCUT2D eigenvalue weighted by atomic mass is 9.83. The van der Waals surface area contributed by atoms with Crippen molar-refractivity contribution in [1.29, 1.82) is 0 Å². The molecule has 1 aromatic carbocycles. The fraction of sp³-hybridized carbons (Fsp3) is 0.464. The molecule has 0 atom stereocenters. The standard InChI is InChI=1S/C28H31FN6O2/c29-22-2-4-23-21(5-8-30-23)25(22)27-32-24-3-1-20(15-34-9-6-18(7-10-34)19-16-37-17-19)31-26(24)28(33-27)35-11-13-36-14-12-35/h1-5,8,18-19,30H,6-7,9-17H2. The Kier molecular flexibility index (Phi) is 5.99. The van der Waals surface area contributed by atoms with Crippen LogP contribution in [0.3, 0.4) is 0 Å². The number of anilines is 1. The minimum atomic E-state index is -0.333. The lowest BCUT2D eigenvalue weighted by Crippen LogP contribution is -2.41. The fourth-order valence-electron chi connectivity index (χ4n) is 5.91. The molecule has 3 fully saturated rings. The van der Waals surface area contributed by atoms with Crippen LogP contribution in [0.5, 0.6) is 0 Å². The maximum atomic E-state index is 15.1. The van der Waals surface area contributed by atoms with E-state index >= 15 is 4.39 Å². The first-order valence-corrected chi connectivity index (χ1v) is 13.3. The summed E-state index contributed by atoms with van der Waals surface area (Å²) < 4.78 is 26.1. The normalized spacial score (nSPS) is 20.1. The Labute approximate surface area is 214 Å². The van der Waals surface area contributed by atoms with Crippen molar-refractivity contribution in [1.82, 2.24) is 24.8 Å². The number of ether oxygens (including phenoxy) is 2. The third-order valence-electron chi connectivity index (χ3n) is 8.15. The third-order valence-corrected chi connectivity index (χ3v) is 8.15. The Morgan fingerprint density at radius 2 is 1.73 bits per heavy atom. The number of nitrogens with one attached hydrogen (secondary N) is 1. The van der Waals surface area contributed by atoms with E-state index in [9.17, 15) is 0 Å². The maximum Gasteiger partial charge on any atom is 0.165 e.